The molecule has 0 aliphatic carbocycles. The average Bonchev–Trinajstić information content (AvgIpc) is 2.82. The van der Waals surface area contributed by atoms with E-state index < -0.39 is 70.3 Å². The Hall–Kier alpha value is -2.09. The molecule has 0 saturated carbocycles. The number of esters is 4. The molecule has 0 saturated heterocycles. The van der Waals surface area contributed by atoms with Crippen LogP contribution in [-0.4, -0.2) is 93.6 Å². The van der Waals surface area contributed by atoms with E-state index in [1.807, 2.05) is 27.7 Å². The van der Waals surface area contributed by atoms with E-state index in [0.29, 0.717) is 31.5 Å². The smallest absolute Gasteiger partial charge is 0.462 e. The zero-order chi connectivity index (χ0) is 29.8. The summed E-state index contributed by atoms with van der Waals surface area (Å²) < 4.78 is 42.2. The van der Waals surface area contributed by atoms with Crippen molar-refractivity contribution in [2.24, 2.45) is 11.8 Å². The van der Waals surface area contributed by atoms with Crippen LogP contribution < -0.4 is 10.6 Å². The summed E-state index contributed by atoms with van der Waals surface area (Å²) >= 11 is 0. The monoisotopic (exact) mass is 584 g/mol. The first-order valence-corrected chi connectivity index (χ1v) is 14.4. The van der Waals surface area contributed by atoms with E-state index in [0.717, 1.165) is 20.4 Å². The molecule has 3 N–H and O–H groups in total. The molecule has 3 atom stereocenters. The second-order valence-electron chi connectivity index (χ2n) is 9.58. The molecule has 0 heterocycles. The molecule has 0 amide bonds. The van der Waals surface area contributed by atoms with Gasteiger partial charge in [0.05, 0.1) is 26.1 Å². The number of hydrogen-bond acceptors (Lipinski definition) is 13. The van der Waals surface area contributed by atoms with Crippen LogP contribution in [0.1, 0.15) is 54.4 Å². The van der Waals surface area contributed by atoms with Gasteiger partial charge in [-0.05, 0) is 24.9 Å². The van der Waals surface area contributed by atoms with Crippen molar-refractivity contribution in [3.63, 3.8) is 0 Å². The molecule has 0 rings (SSSR count). The Bertz CT molecular complexity index is 793. The van der Waals surface area contributed by atoms with Crippen LogP contribution in [-0.2, 0) is 51.7 Å². The molecular weight excluding hydrogens is 539 g/mol. The second-order valence-corrected chi connectivity index (χ2v) is 11.0. The Balaban J connectivity index is 4.95. The molecule has 228 valence electrons. The Morgan fingerprint density at radius 3 is 1.62 bits per heavy atom. The fourth-order valence-corrected chi connectivity index (χ4v) is 3.52. The van der Waals surface area contributed by atoms with Gasteiger partial charge in [-0.3, -0.25) is 28.2 Å². The van der Waals surface area contributed by atoms with Crippen molar-refractivity contribution in [2.75, 3.05) is 52.6 Å². The zero-order valence-corrected chi connectivity index (χ0v) is 24.7. The summed E-state index contributed by atoms with van der Waals surface area (Å²) in [5.74, 6) is -1.74. The Kier molecular flexibility index (Phi) is 19.7. The molecule has 0 spiro atoms. The molecule has 14 nitrogen and oxygen atoms in total. The van der Waals surface area contributed by atoms with E-state index >= 15 is 0 Å². The first kappa shape index (κ1) is 36.9. The maximum Gasteiger partial charge on any atom is 0.472 e. The van der Waals surface area contributed by atoms with Gasteiger partial charge in [0.1, 0.15) is 13.2 Å². The summed E-state index contributed by atoms with van der Waals surface area (Å²) in [5.41, 5.74) is 0. The molecular formula is C24H45N2O12P. The number of carbonyl (C=O) groups excluding carboxylic acids is 4. The third-order valence-electron chi connectivity index (χ3n) is 4.50. The number of ether oxygens (including phenoxy) is 4. The van der Waals surface area contributed by atoms with E-state index in [9.17, 15) is 28.6 Å². The van der Waals surface area contributed by atoms with Gasteiger partial charge in [0.2, 0.25) is 0 Å². The van der Waals surface area contributed by atoms with Crippen molar-refractivity contribution in [1.29, 1.82) is 0 Å². The zero-order valence-electron chi connectivity index (χ0n) is 23.8. The number of nitrogens with one attached hydrogen (secondary N) is 2. The summed E-state index contributed by atoms with van der Waals surface area (Å²) in [5, 5.41) is 6.20. The summed E-state index contributed by atoms with van der Waals surface area (Å²) in [6, 6.07) is 0. The van der Waals surface area contributed by atoms with Crippen molar-refractivity contribution in [2.45, 2.75) is 66.6 Å². The highest BCUT2D eigenvalue weighted by Crippen LogP contribution is 2.43. The van der Waals surface area contributed by atoms with Crippen molar-refractivity contribution >= 4 is 31.7 Å². The van der Waals surface area contributed by atoms with Crippen LogP contribution in [0.3, 0.4) is 0 Å². The van der Waals surface area contributed by atoms with Crippen molar-refractivity contribution in [3.05, 3.63) is 0 Å². The van der Waals surface area contributed by atoms with Crippen LogP contribution >= 0.6 is 7.82 Å². The van der Waals surface area contributed by atoms with Gasteiger partial charge in [0.15, 0.2) is 12.2 Å². The van der Waals surface area contributed by atoms with Crippen LogP contribution in [0.15, 0.2) is 0 Å². The standard InChI is InChI=1S/C24H45N2O12P/c1-17(2)11-25-9-7-23(29)34-14-22(38-24(30)8-10-26-12-18(3)4)16-36-39(31,32)35-15-21(37-20(6)28)13-33-19(5)27/h17-18,21-22,25-26H,7-16H2,1-6H3,(H,31,32)/t21-,22?/m1/s1. The molecule has 0 aromatic rings. The van der Waals surface area contributed by atoms with Crippen LogP contribution in [0.4, 0.5) is 0 Å². The maximum atomic E-state index is 12.4. The van der Waals surface area contributed by atoms with Gasteiger partial charge in [-0.1, -0.05) is 27.7 Å². The van der Waals surface area contributed by atoms with Gasteiger partial charge in [-0.2, -0.15) is 0 Å². The lowest BCUT2D eigenvalue weighted by atomic mass is 10.2. The number of hydrogen-bond donors (Lipinski definition) is 3. The third-order valence-corrected chi connectivity index (χ3v) is 5.45. The Morgan fingerprint density at radius 1 is 0.692 bits per heavy atom. The molecule has 0 fully saturated rings. The molecule has 0 radical (unpaired) electrons. The molecule has 0 aliphatic rings. The predicted octanol–water partition coefficient (Wildman–Crippen LogP) is 1.34. The van der Waals surface area contributed by atoms with Crippen LogP contribution in [0.25, 0.3) is 0 Å². The fourth-order valence-electron chi connectivity index (χ4n) is 2.73. The number of phosphoric acid groups is 1. The summed E-state index contributed by atoms with van der Waals surface area (Å²) in [4.78, 5) is 56.6. The lowest BCUT2D eigenvalue weighted by Crippen LogP contribution is -2.32. The van der Waals surface area contributed by atoms with Gasteiger partial charge in [0.25, 0.3) is 0 Å². The number of rotatable bonds is 22. The minimum atomic E-state index is -4.74. The molecule has 0 aromatic heterocycles. The van der Waals surface area contributed by atoms with Crippen molar-refractivity contribution in [3.8, 4) is 0 Å². The van der Waals surface area contributed by atoms with Crippen molar-refractivity contribution in [1.82, 2.24) is 10.6 Å². The van der Waals surface area contributed by atoms with Gasteiger partial charge in [-0.15, -0.1) is 0 Å². The highest BCUT2D eigenvalue weighted by atomic mass is 31.2. The molecule has 0 aromatic carbocycles. The highest BCUT2D eigenvalue weighted by Gasteiger charge is 2.28. The SMILES string of the molecule is CC(=O)OC[C@H](COP(=O)(O)OCC(COC(=O)CCNCC(C)C)OC(=O)CCNCC(C)C)OC(C)=O. The first-order chi connectivity index (χ1) is 18.2. The van der Waals surface area contributed by atoms with Crippen LogP contribution in [0.5, 0.6) is 0 Å². The molecule has 0 bridgehead atoms. The van der Waals surface area contributed by atoms with E-state index in [4.69, 9.17) is 28.0 Å². The van der Waals surface area contributed by atoms with Crippen molar-refractivity contribution < 1.29 is 56.6 Å². The maximum absolute atomic E-state index is 12.4. The van der Waals surface area contributed by atoms with Gasteiger partial charge >= 0.3 is 31.7 Å². The molecule has 15 heteroatoms. The fraction of sp³-hybridized carbons (Fsp3) is 0.833. The lowest BCUT2D eigenvalue weighted by Gasteiger charge is -2.21. The number of carbonyl (C=O) groups is 4. The molecule has 0 aliphatic heterocycles. The summed E-state index contributed by atoms with van der Waals surface area (Å²) in [6.45, 7) is 10.5. The van der Waals surface area contributed by atoms with E-state index in [1.54, 1.807) is 0 Å². The van der Waals surface area contributed by atoms with E-state index in [-0.39, 0.29) is 12.8 Å². The quantitative estimate of drug-likeness (QED) is 0.0716. The van der Waals surface area contributed by atoms with Gasteiger partial charge in [0, 0.05) is 26.9 Å². The average molecular weight is 585 g/mol. The minimum Gasteiger partial charge on any atom is -0.462 e. The highest BCUT2D eigenvalue weighted by molar-refractivity contribution is 7.47. The molecule has 39 heavy (non-hydrogen) atoms. The van der Waals surface area contributed by atoms with Crippen LogP contribution in [0, 0.1) is 11.8 Å². The number of phosphoric ester groups is 1. The van der Waals surface area contributed by atoms with E-state index in [1.165, 1.54) is 0 Å². The largest absolute Gasteiger partial charge is 0.472 e. The van der Waals surface area contributed by atoms with Crippen LogP contribution in [0.2, 0.25) is 0 Å². The predicted molar refractivity (Wildman–Crippen MR) is 139 cm³/mol. The minimum absolute atomic E-state index is 0.0176. The molecule has 2 unspecified atom stereocenters. The first-order valence-electron chi connectivity index (χ1n) is 12.9. The van der Waals surface area contributed by atoms with E-state index in [2.05, 4.69) is 10.6 Å². The topological polar surface area (TPSA) is 185 Å². The van der Waals surface area contributed by atoms with Gasteiger partial charge < -0.3 is 34.5 Å². The Labute approximate surface area is 230 Å². The normalized spacial score (nSPS) is 14.4. The lowest BCUT2D eigenvalue weighted by molar-refractivity contribution is -0.161. The summed E-state index contributed by atoms with van der Waals surface area (Å²) in [7, 11) is -4.74. The summed E-state index contributed by atoms with van der Waals surface area (Å²) in [6.07, 6.45) is -2.25. The Morgan fingerprint density at radius 2 is 1.15 bits per heavy atom. The van der Waals surface area contributed by atoms with Gasteiger partial charge in [-0.25, -0.2) is 4.57 Å². The second kappa shape index (κ2) is 20.8. The third kappa shape index (κ3) is 23.5.